The third-order valence-corrected chi connectivity index (χ3v) is 1.00. The first-order valence-corrected chi connectivity index (χ1v) is 2.71. The molecule has 0 aliphatic heterocycles. The predicted molar refractivity (Wildman–Crippen MR) is 34.4 cm³/mol. The molecule has 0 fully saturated rings. The molecular formula is C7H8NO. The fraction of sp³-hybridized carbons (Fsp3) is 0.286. The molecule has 0 aliphatic rings. The summed E-state index contributed by atoms with van der Waals surface area (Å²) < 4.78 is 4.88. The van der Waals surface area contributed by atoms with Gasteiger partial charge in [0.1, 0.15) is 5.75 Å². The third kappa shape index (κ3) is 1.42. The Balaban J connectivity index is 2.94. The summed E-state index contributed by atoms with van der Waals surface area (Å²) >= 11 is 0. The molecule has 1 aromatic heterocycles. The Morgan fingerprint density at radius 1 is 1.56 bits per heavy atom. The van der Waals surface area contributed by atoms with Crippen molar-refractivity contribution in [2.45, 2.75) is 6.92 Å². The van der Waals surface area contributed by atoms with Gasteiger partial charge in [-0.2, -0.15) is 0 Å². The molecular weight excluding hydrogens is 114 g/mol. The van der Waals surface area contributed by atoms with Crippen molar-refractivity contribution < 1.29 is 4.74 Å². The van der Waals surface area contributed by atoms with Gasteiger partial charge in [0.2, 0.25) is 0 Å². The average Bonchev–Trinajstić information content (AvgIpc) is 1.88. The van der Waals surface area contributed by atoms with Crippen LogP contribution in [0.5, 0.6) is 5.75 Å². The van der Waals surface area contributed by atoms with Gasteiger partial charge in [-0.1, -0.05) is 0 Å². The van der Waals surface area contributed by atoms with Crippen LogP contribution in [0.15, 0.2) is 12.4 Å². The number of aromatic nitrogens is 1. The first kappa shape index (κ1) is 6.08. The quantitative estimate of drug-likeness (QED) is 0.558. The highest BCUT2D eigenvalue weighted by Gasteiger charge is 1.89. The van der Waals surface area contributed by atoms with Gasteiger partial charge in [0.25, 0.3) is 0 Å². The van der Waals surface area contributed by atoms with Crippen molar-refractivity contribution in [3.63, 3.8) is 0 Å². The van der Waals surface area contributed by atoms with Crippen LogP contribution in [-0.2, 0) is 0 Å². The van der Waals surface area contributed by atoms with Crippen molar-refractivity contribution in [3.05, 3.63) is 24.0 Å². The maximum atomic E-state index is 4.88. The normalized spacial score (nSPS) is 9.11. The average molecular weight is 122 g/mol. The lowest BCUT2D eigenvalue weighted by molar-refractivity contribution is 0.411. The van der Waals surface area contributed by atoms with Crippen LogP contribution in [0.2, 0.25) is 0 Å². The van der Waals surface area contributed by atoms with E-state index >= 15 is 0 Å². The molecule has 2 nitrogen and oxygen atoms in total. The summed E-state index contributed by atoms with van der Waals surface area (Å²) in [7, 11) is 1.60. The summed E-state index contributed by atoms with van der Waals surface area (Å²) in [5.74, 6) is 0.690. The molecule has 0 amide bonds. The van der Waals surface area contributed by atoms with Crippen LogP contribution in [0.3, 0.4) is 0 Å². The minimum Gasteiger partial charge on any atom is -0.494 e. The Morgan fingerprint density at radius 3 is 2.78 bits per heavy atom. The van der Waals surface area contributed by atoms with Crippen molar-refractivity contribution in [1.82, 2.24) is 4.98 Å². The molecule has 0 atom stereocenters. The standard InChI is InChI=1S/C7H8NO/c1-6-3-7(9-2)5-8-4-6/h4-5H,1-2H3. The fourth-order valence-corrected chi connectivity index (χ4v) is 0.579. The van der Waals surface area contributed by atoms with E-state index in [9.17, 15) is 0 Å². The molecule has 0 N–H and O–H groups in total. The molecule has 0 saturated carbocycles. The van der Waals surface area contributed by atoms with Crippen LogP contribution in [0.25, 0.3) is 0 Å². The van der Waals surface area contributed by atoms with Gasteiger partial charge < -0.3 is 4.74 Å². The van der Waals surface area contributed by atoms with Gasteiger partial charge in [0.05, 0.1) is 13.3 Å². The largest absolute Gasteiger partial charge is 0.494 e. The van der Waals surface area contributed by atoms with E-state index in [0.29, 0.717) is 5.75 Å². The zero-order valence-corrected chi connectivity index (χ0v) is 5.51. The van der Waals surface area contributed by atoms with Crippen molar-refractivity contribution in [2.75, 3.05) is 7.11 Å². The lowest BCUT2D eigenvalue weighted by Gasteiger charge is -1.96. The molecule has 1 radical (unpaired) electrons. The molecule has 1 heterocycles. The van der Waals surface area contributed by atoms with Gasteiger partial charge >= 0.3 is 0 Å². The zero-order chi connectivity index (χ0) is 6.69. The van der Waals surface area contributed by atoms with Crippen molar-refractivity contribution in [1.29, 1.82) is 0 Å². The minimum atomic E-state index is 0.690. The van der Waals surface area contributed by atoms with Gasteiger partial charge in [-0.25, -0.2) is 0 Å². The lowest BCUT2D eigenvalue weighted by atomic mass is 10.3. The molecule has 0 aliphatic carbocycles. The summed E-state index contributed by atoms with van der Waals surface area (Å²) in [5, 5.41) is 0. The van der Waals surface area contributed by atoms with E-state index in [4.69, 9.17) is 4.74 Å². The van der Waals surface area contributed by atoms with Gasteiger partial charge in [0.15, 0.2) is 0 Å². The molecule has 47 valence electrons. The summed E-state index contributed by atoms with van der Waals surface area (Å²) in [5.41, 5.74) is 0.995. The molecule has 0 spiro atoms. The maximum Gasteiger partial charge on any atom is 0.145 e. The number of pyridine rings is 1. The number of ether oxygens (including phenoxy) is 1. The number of hydrogen-bond acceptors (Lipinski definition) is 2. The van der Waals surface area contributed by atoms with Gasteiger partial charge in [0, 0.05) is 12.3 Å². The van der Waals surface area contributed by atoms with Crippen molar-refractivity contribution in [2.24, 2.45) is 0 Å². The Hall–Kier alpha value is -1.05. The highest BCUT2D eigenvalue weighted by Crippen LogP contribution is 2.06. The molecule has 0 saturated heterocycles. The number of hydrogen-bond donors (Lipinski definition) is 0. The Labute approximate surface area is 54.5 Å². The van der Waals surface area contributed by atoms with Crippen LogP contribution >= 0.6 is 0 Å². The number of nitrogens with zero attached hydrogens (tertiary/aromatic N) is 1. The monoisotopic (exact) mass is 122 g/mol. The van der Waals surface area contributed by atoms with Crippen molar-refractivity contribution in [3.8, 4) is 5.75 Å². The second-order valence-corrected chi connectivity index (χ2v) is 1.78. The molecule has 1 rings (SSSR count). The zero-order valence-electron chi connectivity index (χ0n) is 5.51. The molecule has 0 aromatic carbocycles. The van der Waals surface area contributed by atoms with Crippen LogP contribution < -0.4 is 4.74 Å². The molecule has 9 heavy (non-hydrogen) atoms. The van der Waals surface area contributed by atoms with Gasteiger partial charge in [-0.15, -0.1) is 0 Å². The third-order valence-electron chi connectivity index (χ3n) is 1.00. The molecule has 0 bridgehead atoms. The second-order valence-electron chi connectivity index (χ2n) is 1.78. The fourth-order valence-electron chi connectivity index (χ4n) is 0.579. The Bertz CT molecular complexity index is 198. The topological polar surface area (TPSA) is 22.1 Å². The predicted octanol–water partition coefficient (Wildman–Crippen LogP) is 1.20. The Morgan fingerprint density at radius 2 is 2.33 bits per heavy atom. The van der Waals surface area contributed by atoms with Crippen LogP contribution in [-0.4, -0.2) is 12.1 Å². The van der Waals surface area contributed by atoms with Gasteiger partial charge in [-0.3, -0.25) is 4.98 Å². The van der Waals surface area contributed by atoms with Crippen LogP contribution in [0, 0.1) is 13.0 Å². The lowest BCUT2D eigenvalue weighted by Crippen LogP contribution is -1.84. The number of rotatable bonds is 1. The highest BCUT2D eigenvalue weighted by atomic mass is 16.5. The van der Waals surface area contributed by atoms with E-state index in [1.54, 1.807) is 19.5 Å². The molecule has 2 heteroatoms. The molecule has 0 unspecified atom stereocenters. The summed E-state index contributed by atoms with van der Waals surface area (Å²) in [6.07, 6.45) is 3.37. The maximum absolute atomic E-state index is 4.88. The van der Waals surface area contributed by atoms with Crippen molar-refractivity contribution >= 4 is 0 Å². The minimum absolute atomic E-state index is 0.690. The number of aryl methyl sites for hydroxylation is 1. The SMILES string of the molecule is COc1[c]c(C)cnc1. The Kier molecular flexibility index (Phi) is 1.68. The second kappa shape index (κ2) is 2.49. The van der Waals surface area contributed by atoms with E-state index in [1.807, 2.05) is 6.92 Å². The van der Waals surface area contributed by atoms with E-state index in [2.05, 4.69) is 11.1 Å². The first-order valence-electron chi connectivity index (χ1n) is 2.71. The van der Waals surface area contributed by atoms with E-state index < -0.39 is 0 Å². The molecule has 1 aromatic rings. The van der Waals surface area contributed by atoms with E-state index in [0.717, 1.165) is 5.56 Å². The summed E-state index contributed by atoms with van der Waals surface area (Å²) in [6, 6.07) is 2.97. The summed E-state index contributed by atoms with van der Waals surface area (Å²) in [4.78, 5) is 3.90. The smallest absolute Gasteiger partial charge is 0.145 e. The summed E-state index contributed by atoms with van der Waals surface area (Å²) in [6.45, 7) is 1.93. The van der Waals surface area contributed by atoms with E-state index in [-0.39, 0.29) is 0 Å². The van der Waals surface area contributed by atoms with Crippen LogP contribution in [0.4, 0.5) is 0 Å². The first-order chi connectivity index (χ1) is 4.33. The van der Waals surface area contributed by atoms with Crippen LogP contribution in [0.1, 0.15) is 5.56 Å². The van der Waals surface area contributed by atoms with Gasteiger partial charge in [-0.05, 0) is 12.5 Å². The van der Waals surface area contributed by atoms with E-state index in [1.165, 1.54) is 0 Å². The highest BCUT2D eigenvalue weighted by molar-refractivity contribution is 5.19. The number of methoxy groups -OCH3 is 1.